The maximum Gasteiger partial charge on any atom is 0.416 e. The van der Waals surface area contributed by atoms with Gasteiger partial charge < -0.3 is 115 Å². The number of rotatable bonds is 25. The third kappa shape index (κ3) is 30.2. The van der Waals surface area contributed by atoms with E-state index in [4.69, 9.17) is 28.3 Å². The number of H-pyrrole nitrogens is 2. The number of aromatic amines is 2. The van der Waals surface area contributed by atoms with Gasteiger partial charge in [-0.1, -0.05) is 102 Å². The van der Waals surface area contributed by atoms with E-state index in [1.807, 2.05) is 13.8 Å². The van der Waals surface area contributed by atoms with Gasteiger partial charge in [0.1, 0.15) is 66.5 Å². The number of amides is 15. The molecule has 0 radical (unpaired) electrons. The Bertz CT molecular complexity index is 5080. The first-order valence-electron chi connectivity index (χ1n) is 45.3. The molecule has 8 rings (SSSR count). The number of nitrogens with two attached hydrogens (primary N) is 4. The van der Waals surface area contributed by atoms with E-state index in [0.29, 0.717) is 70.4 Å². The number of primary amides is 2. The molecule has 0 saturated carbocycles. The molecule has 135 heavy (non-hydrogen) atoms. The van der Waals surface area contributed by atoms with E-state index in [0.717, 1.165) is 50.9 Å². The number of carbonyl (C=O) groups is 17. The highest BCUT2D eigenvalue weighted by atomic mass is 32.2. The molecular weight excluding hydrogens is 1780 g/mol. The monoisotopic (exact) mass is 1910 g/mol. The molecule has 3 aromatic carbocycles. The summed E-state index contributed by atoms with van der Waals surface area (Å²) in [7, 11) is 3.82. The molecule has 5 aromatic rings. The van der Waals surface area contributed by atoms with Crippen LogP contribution in [0.25, 0.3) is 21.8 Å². The quantitative estimate of drug-likeness (QED) is 0.0200. The molecule has 15 amide bonds. The molecule has 3 aliphatic heterocycles. The van der Waals surface area contributed by atoms with E-state index in [-0.39, 0.29) is 88.8 Å². The van der Waals surface area contributed by atoms with Gasteiger partial charge in [-0.15, -0.1) is 11.8 Å². The molecule has 2 aromatic heterocycles. The standard InChI is InChI=1S/C91H128F3N21O19S/c1-9-11-24-69-83(128)105-62(23-17-31-100-90(98)99)81(126)110-68(80(125)103-44-76(97)121)47-135-48-77(122)104-64(34-51-27-29-56(30-28-51)91(92,93)94)86(131)111(6)50(5)78(123)106-65(40-75(96)120)87(132)114-32-18-26-70(114)84(129)108-66(41-95)82(127)107-63(33-49(3)4)88(133)115-45-57(117)39-72(115)74(119)37-52(35-54-42-101-60-21-15-13-19-58(54)60)79(124)109-67(46-116)73(118)38-53(36-55-43-102-61-22-16-14-20-59(55)61)85(130)113(8)71(25-12-10-2)89(134)112(69)7/h13-16,19-22,27-30,42-43,49-50,52-53,57,62-72,101-102,116-117H,9-12,17-18,23-26,31-41,44-48,95H2,1-8H3,(H2,96,120)(H2,97,121)(H,103,125)(H,104,122)(H,105,128)(H,106,123)(H,107,127)(H,108,129)(H,109,124)(H,110,126)(H4,98,99,100)/t50-,52+,53+,57+,62-,63-,64-,65-,66-,67-,68-,69-,70-,71-,72-/m0/s1. The van der Waals surface area contributed by atoms with E-state index in [1.54, 1.807) is 74.8 Å². The molecule has 0 aliphatic carbocycles. The molecular formula is C91H128F3N21O19S. The number of alkyl halides is 3. The second-order valence-electron chi connectivity index (χ2n) is 35.1. The molecule has 0 bridgehead atoms. The van der Waals surface area contributed by atoms with Gasteiger partial charge in [-0.25, -0.2) is 0 Å². The Hall–Kier alpha value is -12.6. The molecule has 5 heterocycles. The molecule has 3 aliphatic rings. The van der Waals surface area contributed by atoms with Gasteiger partial charge in [-0.2, -0.15) is 13.2 Å². The van der Waals surface area contributed by atoms with Gasteiger partial charge in [0.25, 0.3) is 0 Å². The van der Waals surface area contributed by atoms with E-state index in [2.05, 4.69) is 57.8 Å². The van der Waals surface area contributed by atoms with Crippen LogP contribution in [0.15, 0.2) is 85.2 Å². The van der Waals surface area contributed by atoms with Crippen molar-refractivity contribution >= 4 is 140 Å². The van der Waals surface area contributed by atoms with Crippen molar-refractivity contribution in [2.75, 3.05) is 72.0 Å². The zero-order valence-electron chi connectivity index (χ0n) is 77.1. The Kier molecular flexibility index (Phi) is 40.4. The SMILES string of the molecule is CCCC[C@H]1C(=O)N(C)[C@@H](CCCC)C(=O)N[C@@H](CCCNC(=N)N)C(=O)N[C@H](C(=O)NCC(N)=O)CSCC(=O)N[C@@H](Cc2ccc(C(F)(F)F)cc2)C(=O)N(C)[C@@H](C)C(=O)N[C@@H](CC(N)=O)C(=O)N2CCC[C@H]2C(=O)N[C@@H](CN)C(=O)N[C@@H](CC(C)C)C(=O)N2C[C@H](O)C[C@H]2C(=O)C[C@@H](Cc2c[nH]c3ccccc23)C(=O)N[C@@H](CO)C(=O)C[C@@H](Cc2c[nH]c3ccccc23)C(=O)N1C. The van der Waals surface area contributed by atoms with Crippen molar-refractivity contribution in [2.24, 2.45) is 40.7 Å². The smallest absolute Gasteiger partial charge is 0.394 e. The van der Waals surface area contributed by atoms with Crippen LogP contribution in [0.4, 0.5) is 13.2 Å². The predicted molar refractivity (Wildman–Crippen MR) is 492 cm³/mol. The number of para-hydroxylation sites is 2. The van der Waals surface area contributed by atoms with E-state index in [1.165, 1.54) is 25.9 Å². The molecule has 0 spiro atoms. The lowest BCUT2D eigenvalue weighted by Crippen LogP contribution is -2.61. The number of nitrogens with one attached hydrogen (secondary N) is 12. The molecule has 3 saturated heterocycles. The third-order valence-electron chi connectivity index (χ3n) is 24.5. The Morgan fingerprint density at radius 3 is 1.73 bits per heavy atom. The largest absolute Gasteiger partial charge is 0.416 e. The maximum absolute atomic E-state index is 15.8. The number of thioether (sulfide) groups is 1. The van der Waals surface area contributed by atoms with Gasteiger partial charge in [0.2, 0.25) is 88.6 Å². The fourth-order valence-corrected chi connectivity index (χ4v) is 17.8. The summed E-state index contributed by atoms with van der Waals surface area (Å²) >= 11 is 0.675. The zero-order chi connectivity index (χ0) is 99.4. The van der Waals surface area contributed by atoms with Crippen molar-refractivity contribution in [3.63, 3.8) is 0 Å². The number of aliphatic hydroxyl groups excluding tert-OH is 2. The summed E-state index contributed by atoms with van der Waals surface area (Å²) in [5, 5.41) is 54.8. The number of hydrogen-bond acceptors (Lipinski definition) is 22. The average molecular weight is 1910 g/mol. The molecule has 40 nitrogen and oxygen atoms in total. The van der Waals surface area contributed by atoms with Crippen LogP contribution in [0.5, 0.6) is 0 Å². The number of likely N-dealkylation sites (N-methyl/N-ethyl adjacent to an activating group) is 3. The van der Waals surface area contributed by atoms with Gasteiger partial charge in [-0.3, -0.25) is 86.9 Å². The van der Waals surface area contributed by atoms with E-state index < -0.39 is 272 Å². The number of aliphatic hydroxyl groups is 2. The Labute approximate surface area is 783 Å². The van der Waals surface area contributed by atoms with Gasteiger partial charge in [0.15, 0.2) is 17.5 Å². The molecule has 0 unspecified atom stereocenters. The van der Waals surface area contributed by atoms with Crippen LogP contribution in [0.3, 0.4) is 0 Å². The number of carbonyl (C=O) groups excluding carboxylic acids is 17. The summed E-state index contributed by atoms with van der Waals surface area (Å²) in [6, 6.07) is -1.26. The first-order valence-corrected chi connectivity index (χ1v) is 46.5. The van der Waals surface area contributed by atoms with Crippen LogP contribution < -0.4 is 70.8 Å². The maximum atomic E-state index is 15.8. The van der Waals surface area contributed by atoms with Crippen molar-refractivity contribution in [2.45, 2.75) is 235 Å². The number of nitrogens with zero attached hydrogens (tertiary/aromatic N) is 5. The van der Waals surface area contributed by atoms with Crippen molar-refractivity contribution in [1.29, 1.82) is 5.41 Å². The van der Waals surface area contributed by atoms with Gasteiger partial charge in [0, 0.05) is 125 Å². The highest BCUT2D eigenvalue weighted by Gasteiger charge is 2.47. The summed E-state index contributed by atoms with van der Waals surface area (Å²) in [6.45, 7) is 5.25. The topological polar surface area (TPSA) is 615 Å². The van der Waals surface area contributed by atoms with Crippen molar-refractivity contribution in [1.82, 2.24) is 82.3 Å². The van der Waals surface area contributed by atoms with E-state index >= 15 is 33.6 Å². The first kappa shape index (κ1) is 108. The van der Waals surface area contributed by atoms with Crippen LogP contribution in [0, 0.1) is 23.2 Å². The van der Waals surface area contributed by atoms with Gasteiger partial charge in [0.05, 0.1) is 43.0 Å². The Morgan fingerprint density at radius 1 is 0.578 bits per heavy atom. The second-order valence-corrected chi connectivity index (χ2v) is 36.1. The number of aromatic nitrogens is 2. The number of benzene rings is 3. The number of guanidine groups is 1. The predicted octanol–water partition coefficient (Wildman–Crippen LogP) is -0.442. The Morgan fingerprint density at radius 2 is 1.14 bits per heavy atom. The fourth-order valence-electron chi connectivity index (χ4n) is 17.0. The number of fused-ring (bicyclic) bond motifs is 4. The summed E-state index contributed by atoms with van der Waals surface area (Å²) in [5.74, 6) is -20.9. The van der Waals surface area contributed by atoms with Crippen molar-refractivity contribution in [3.05, 3.63) is 107 Å². The lowest BCUT2D eigenvalue weighted by atomic mass is 9.88. The first-order chi connectivity index (χ1) is 64.0. The highest BCUT2D eigenvalue weighted by Crippen LogP contribution is 2.33. The van der Waals surface area contributed by atoms with Crippen LogP contribution >= 0.6 is 11.8 Å². The summed E-state index contributed by atoms with van der Waals surface area (Å²) in [6.07, 6.45) is -4.98. The highest BCUT2D eigenvalue weighted by molar-refractivity contribution is 8.00. The van der Waals surface area contributed by atoms with Crippen LogP contribution in [0.2, 0.25) is 0 Å². The zero-order valence-corrected chi connectivity index (χ0v) is 77.9. The molecule has 3 fully saturated rings. The lowest BCUT2D eigenvalue weighted by molar-refractivity contribution is -0.150. The van der Waals surface area contributed by atoms with Gasteiger partial charge >= 0.3 is 6.18 Å². The minimum absolute atomic E-state index is 0.00182. The third-order valence-corrected chi connectivity index (χ3v) is 25.6. The van der Waals surface area contributed by atoms with Crippen molar-refractivity contribution < 1.29 is 105 Å². The molecule has 15 atom stereocenters. The van der Waals surface area contributed by atoms with Crippen LogP contribution in [0.1, 0.15) is 153 Å². The number of Topliss-reactive ketones (excluding diaryl/α,β-unsaturated/α-hetero) is 2. The minimum Gasteiger partial charge on any atom is -0.394 e. The molecule has 44 heteroatoms. The number of hydrogen-bond donors (Lipinski definition) is 18. The van der Waals surface area contributed by atoms with E-state index in [9.17, 15) is 71.3 Å². The molecule has 738 valence electrons. The number of halogens is 3. The van der Waals surface area contributed by atoms with Crippen LogP contribution in [-0.4, -0.2) is 301 Å². The fraction of sp³-hybridized carbons (Fsp3) is 0.560. The van der Waals surface area contributed by atoms with Crippen molar-refractivity contribution in [3.8, 4) is 0 Å². The van der Waals surface area contributed by atoms with Crippen LogP contribution in [-0.2, 0) is 107 Å². The summed E-state index contributed by atoms with van der Waals surface area (Å²) in [4.78, 5) is 261. The molecule has 22 N–H and O–H groups in total. The summed E-state index contributed by atoms with van der Waals surface area (Å²) in [5.41, 5.74) is 24.3. The lowest BCUT2D eigenvalue weighted by Gasteiger charge is -2.36. The number of unbranched alkanes of at least 4 members (excludes halogenated alkanes) is 2. The summed E-state index contributed by atoms with van der Waals surface area (Å²) < 4.78 is 41.7. The Balaban J connectivity index is 1.20. The average Bonchev–Trinajstić information content (AvgIpc) is 1.71. The normalized spacial score (nSPS) is 25.0. The second kappa shape index (κ2) is 50.7. The number of ketones is 2. The minimum atomic E-state index is -4.80. The van der Waals surface area contributed by atoms with Gasteiger partial charge in [-0.05, 0) is 112 Å².